The number of carbonyl (C=O) groups excluding carboxylic acids is 1. The Bertz CT molecular complexity index is 1660. The Morgan fingerprint density at radius 1 is 0.833 bits per heavy atom. The molecular formula is C30H24N2O4. The molecule has 0 spiro atoms. The van der Waals surface area contributed by atoms with Crippen molar-refractivity contribution in [1.82, 2.24) is 9.55 Å². The fraction of sp³-hybridized carbons (Fsp3) is 0.0667. The number of H-pyrrole nitrogens is 1. The summed E-state index contributed by atoms with van der Waals surface area (Å²) in [5.74, 6) is 1.03. The van der Waals surface area contributed by atoms with Crippen molar-refractivity contribution in [3.05, 3.63) is 119 Å². The molecule has 0 saturated carbocycles. The Morgan fingerprint density at radius 2 is 1.64 bits per heavy atom. The molecule has 4 aromatic carbocycles. The molecular weight excluding hydrogens is 452 g/mol. The monoisotopic (exact) mass is 476 g/mol. The van der Waals surface area contributed by atoms with E-state index in [-0.39, 0.29) is 11.5 Å². The molecule has 5 aromatic rings. The number of nitrogens with one attached hydrogen (secondary N) is 1. The minimum atomic E-state index is -0.274. The average molecular weight is 477 g/mol. The second kappa shape index (κ2) is 9.80. The van der Waals surface area contributed by atoms with E-state index in [1.807, 2.05) is 42.5 Å². The fourth-order valence-corrected chi connectivity index (χ4v) is 4.12. The van der Waals surface area contributed by atoms with Gasteiger partial charge in [-0.15, -0.1) is 0 Å². The van der Waals surface area contributed by atoms with Crippen LogP contribution in [0.3, 0.4) is 0 Å². The van der Waals surface area contributed by atoms with Crippen molar-refractivity contribution in [3.63, 3.8) is 0 Å². The van der Waals surface area contributed by atoms with Gasteiger partial charge in [0.2, 0.25) is 0 Å². The third kappa shape index (κ3) is 4.57. The van der Waals surface area contributed by atoms with E-state index in [0.29, 0.717) is 28.4 Å². The molecule has 1 N–H and O–H groups in total. The molecule has 178 valence electrons. The summed E-state index contributed by atoms with van der Waals surface area (Å²) < 4.78 is 12.1. The number of fused-ring (bicyclic) bond motifs is 1. The Balaban J connectivity index is 1.41. The van der Waals surface area contributed by atoms with E-state index < -0.39 is 0 Å². The summed E-state index contributed by atoms with van der Waals surface area (Å²) in [7, 11) is 3.14. The molecule has 0 aliphatic carbocycles. The normalized spacial score (nSPS) is 11.2. The van der Waals surface area contributed by atoms with Gasteiger partial charge in [0.15, 0.2) is 17.3 Å². The SMILES string of the molecule is COc1ccc(C=CC(=O)c2cccc(-n3cc(-c4ccc5ccccc5c4)[nH]c3=O)c2)cc1OC. The molecule has 0 saturated heterocycles. The molecule has 0 fully saturated rings. The topological polar surface area (TPSA) is 73.3 Å². The number of aromatic nitrogens is 2. The van der Waals surface area contributed by atoms with Crippen LogP contribution in [0.4, 0.5) is 0 Å². The third-order valence-electron chi connectivity index (χ3n) is 6.02. The zero-order chi connectivity index (χ0) is 25.1. The van der Waals surface area contributed by atoms with Crippen LogP contribution in [0.15, 0.2) is 102 Å². The second-order valence-corrected chi connectivity index (χ2v) is 8.27. The molecule has 0 aliphatic rings. The number of ether oxygens (including phenoxy) is 2. The molecule has 6 nitrogen and oxygen atoms in total. The number of rotatable bonds is 7. The summed E-state index contributed by atoms with van der Waals surface area (Å²) in [6.45, 7) is 0. The molecule has 36 heavy (non-hydrogen) atoms. The first-order valence-electron chi connectivity index (χ1n) is 11.4. The second-order valence-electron chi connectivity index (χ2n) is 8.27. The van der Waals surface area contributed by atoms with Gasteiger partial charge >= 0.3 is 5.69 Å². The molecule has 0 bridgehead atoms. The van der Waals surface area contributed by atoms with Crippen LogP contribution >= 0.6 is 0 Å². The summed E-state index contributed by atoms with van der Waals surface area (Å²) in [4.78, 5) is 28.6. The lowest BCUT2D eigenvalue weighted by atomic mass is 10.1. The summed E-state index contributed by atoms with van der Waals surface area (Å²) in [6, 6.07) is 26.6. The van der Waals surface area contributed by atoms with Crippen LogP contribution in [0.25, 0.3) is 33.8 Å². The van der Waals surface area contributed by atoms with Gasteiger partial charge in [0, 0.05) is 17.3 Å². The molecule has 1 heterocycles. The van der Waals surface area contributed by atoms with E-state index in [0.717, 1.165) is 21.9 Å². The Hall–Kier alpha value is -4.84. The van der Waals surface area contributed by atoms with Crippen molar-refractivity contribution >= 4 is 22.6 Å². The Labute approximate surface area is 208 Å². The first-order valence-corrected chi connectivity index (χ1v) is 11.4. The maximum absolute atomic E-state index is 12.9. The Kier molecular flexibility index (Phi) is 6.24. The van der Waals surface area contributed by atoms with Gasteiger partial charge in [-0.2, -0.15) is 0 Å². The van der Waals surface area contributed by atoms with Crippen LogP contribution in [0, 0.1) is 0 Å². The van der Waals surface area contributed by atoms with Crippen molar-refractivity contribution in [2.75, 3.05) is 14.2 Å². The first-order chi connectivity index (χ1) is 17.6. The van der Waals surface area contributed by atoms with Gasteiger partial charge in [-0.3, -0.25) is 9.36 Å². The molecule has 6 heteroatoms. The van der Waals surface area contributed by atoms with Gasteiger partial charge in [-0.25, -0.2) is 4.79 Å². The van der Waals surface area contributed by atoms with E-state index in [1.165, 1.54) is 10.6 Å². The summed E-state index contributed by atoms with van der Waals surface area (Å²) in [5.41, 5.74) is 3.23. The Morgan fingerprint density at radius 3 is 2.44 bits per heavy atom. The highest BCUT2D eigenvalue weighted by atomic mass is 16.5. The predicted octanol–water partition coefficient (Wildman–Crippen LogP) is 5.90. The molecule has 1 aromatic heterocycles. The van der Waals surface area contributed by atoms with Crippen LogP contribution in [0.1, 0.15) is 15.9 Å². The zero-order valence-corrected chi connectivity index (χ0v) is 19.9. The standard InChI is InChI=1S/C30H24N2O4/c1-35-28-15-11-20(16-29(28)36-2)10-14-27(33)24-8-5-9-25(18-24)32-19-26(31-30(32)34)23-13-12-21-6-3-4-7-22(21)17-23/h3-19H,1-2H3,(H,31,34). The third-order valence-corrected chi connectivity index (χ3v) is 6.02. The smallest absolute Gasteiger partial charge is 0.330 e. The fourth-order valence-electron chi connectivity index (χ4n) is 4.12. The highest BCUT2D eigenvalue weighted by molar-refractivity contribution is 6.07. The maximum atomic E-state index is 12.9. The number of allylic oxidation sites excluding steroid dienone is 1. The van der Waals surface area contributed by atoms with Gasteiger partial charge in [0.1, 0.15) is 0 Å². The van der Waals surface area contributed by atoms with Crippen LogP contribution in [0.2, 0.25) is 0 Å². The summed E-state index contributed by atoms with van der Waals surface area (Å²) >= 11 is 0. The average Bonchev–Trinajstić information content (AvgIpc) is 3.32. The van der Waals surface area contributed by atoms with E-state index in [2.05, 4.69) is 11.1 Å². The van der Waals surface area contributed by atoms with Crippen molar-refractivity contribution < 1.29 is 14.3 Å². The minimum Gasteiger partial charge on any atom is -0.493 e. The molecule has 0 amide bonds. The van der Waals surface area contributed by atoms with E-state index in [9.17, 15) is 9.59 Å². The van der Waals surface area contributed by atoms with Crippen molar-refractivity contribution in [1.29, 1.82) is 0 Å². The lowest BCUT2D eigenvalue weighted by Crippen LogP contribution is -2.14. The van der Waals surface area contributed by atoms with Crippen molar-refractivity contribution in [2.45, 2.75) is 0 Å². The van der Waals surface area contributed by atoms with E-state index in [1.54, 1.807) is 62.9 Å². The van der Waals surface area contributed by atoms with Crippen molar-refractivity contribution in [3.8, 4) is 28.4 Å². The minimum absolute atomic E-state index is 0.176. The van der Waals surface area contributed by atoms with E-state index in [4.69, 9.17) is 9.47 Å². The molecule has 0 aliphatic heterocycles. The largest absolute Gasteiger partial charge is 0.493 e. The number of carbonyl (C=O) groups is 1. The quantitative estimate of drug-likeness (QED) is 0.235. The van der Waals surface area contributed by atoms with Crippen LogP contribution < -0.4 is 15.2 Å². The zero-order valence-electron chi connectivity index (χ0n) is 19.9. The number of aromatic amines is 1. The number of methoxy groups -OCH3 is 2. The molecule has 0 atom stereocenters. The maximum Gasteiger partial charge on any atom is 0.330 e. The van der Waals surface area contributed by atoms with Gasteiger partial charge < -0.3 is 14.5 Å². The number of nitrogens with zero attached hydrogens (tertiary/aromatic N) is 1. The lowest BCUT2D eigenvalue weighted by molar-refractivity contribution is 0.104. The van der Waals surface area contributed by atoms with Gasteiger partial charge in [-0.1, -0.05) is 60.7 Å². The number of ketones is 1. The van der Waals surface area contributed by atoms with Crippen LogP contribution in [-0.4, -0.2) is 29.6 Å². The van der Waals surface area contributed by atoms with Crippen LogP contribution in [-0.2, 0) is 0 Å². The lowest BCUT2D eigenvalue weighted by Gasteiger charge is -2.07. The van der Waals surface area contributed by atoms with Gasteiger partial charge in [-0.05, 0) is 52.7 Å². The number of benzene rings is 4. The van der Waals surface area contributed by atoms with E-state index >= 15 is 0 Å². The summed E-state index contributed by atoms with van der Waals surface area (Å²) in [5, 5.41) is 2.23. The van der Waals surface area contributed by atoms with Crippen LogP contribution in [0.5, 0.6) is 11.5 Å². The number of imidazole rings is 1. The van der Waals surface area contributed by atoms with Gasteiger partial charge in [0.25, 0.3) is 0 Å². The van der Waals surface area contributed by atoms with Crippen molar-refractivity contribution in [2.24, 2.45) is 0 Å². The summed E-state index contributed by atoms with van der Waals surface area (Å²) in [6.07, 6.45) is 4.98. The van der Waals surface area contributed by atoms with Gasteiger partial charge in [0.05, 0.1) is 25.6 Å². The highest BCUT2D eigenvalue weighted by Crippen LogP contribution is 2.28. The highest BCUT2D eigenvalue weighted by Gasteiger charge is 2.10. The predicted molar refractivity (Wildman–Crippen MR) is 142 cm³/mol. The first kappa shape index (κ1) is 22.9. The molecule has 0 radical (unpaired) electrons. The number of hydrogen-bond acceptors (Lipinski definition) is 4. The molecule has 0 unspecified atom stereocenters. The molecule has 5 rings (SSSR count). The number of hydrogen-bond donors (Lipinski definition) is 1.